The van der Waals surface area contributed by atoms with Crippen LogP contribution >= 0.6 is 11.8 Å². The molecule has 0 atom stereocenters. The van der Waals surface area contributed by atoms with Crippen molar-refractivity contribution in [2.24, 2.45) is 4.99 Å². The largest absolute Gasteiger partial charge is 0.357 e. The van der Waals surface area contributed by atoms with Crippen molar-refractivity contribution in [2.75, 3.05) is 19.3 Å². The zero-order valence-corrected chi connectivity index (χ0v) is 14.0. The Morgan fingerprint density at radius 2 is 2.14 bits per heavy atom. The van der Waals surface area contributed by atoms with Crippen LogP contribution < -0.4 is 10.6 Å². The lowest BCUT2D eigenvalue weighted by Gasteiger charge is -2.23. The second-order valence-corrected chi connectivity index (χ2v) is 6.84. The lowest BCUT2D eigenvalue weighted by Crippen LogP contribution is -2.43. The van der Waals surface area contributed by atoms with Gasteiger partial charge in [-0.1, -0.05) is 12.1 Å². The van der Waals surface area contributed by atoms with Crippen LogP contribution in [0.5, 0.6) is 0 Å². The Kier molecular flexibility index (Phi) is 7.10. The summed E-state index contributed by atoms with van der Waals surface area (Å²) in [6.45, 7) is 8.68. The number of benzene rings is 1. The van der Waals surface area contributed by atoms with E-state index in [0.717, 1.165) is 24.6 Å². The number of hydrogen-bond acceptors (Lipinski definition) is 3. The molecule has 0 unspecified atom stereocenters. The summed E-state index contributed by atoms with van der Waals surface area (Å²) in [6.07, 6.45) is 2.11. The maximum absolute atomic E-state index is 8.91. The first-order chi connectivity index (χ1) is 10.0. The smallest absolute Gasteiger partial charge is 0.191 e. The van der Waals surface area contributed by atoms with Crippen LogP contribution in [-0.4, -0.2) is 30.1 Å². The van der Waals surface area contributed by atoms with Crippen LogP contribution in [0, 0.1) is 11.3 Å². The molecule has 4 nitrogen and oxygen atoms in total. The molecule has 0 aromatic heterocycles. The lowest BCUT2D eigenvalue weighted by atomic mass is 10.1. The van der Waals surface area contributed by atoms with Gasteiger partial charge in [-0.05, 0) is 44.7 Å². The first kappa shape index (κ1) is 17.4. The molecule has 0 amide bonds. The minimum absolute atomic E-state index is 0.164. The van der Waals surface area contributed by atoms with E-state index in [0.29, 0.717) is 12.1 Å². The first-order valence-corrected chi connectivity index (χ1v) is 8.29. The number of aliphatic imine (C=N–C) groups is 1. The van der Waals surface area contributed by atoms with E-state index < -0.39 is 0 Å². The van der Waals surface area contributed by atoms with E-state index in [1.165, 1.54) is 0 Å². The van der Waals surface area contributed by atoms with E-state index in [1.54, 1.807) is 6.07 Å². The number of nitrogens with zero attached hydrogens (tertiary/aromatic N) is 2. The van der Waals surface area contributed by atoms with Gasteiger partial charge in [-0.3, -0.25) is 0 Å². The Balaban J connectivity index is 2.69. The van der Waals surface area contributed by atoms with Gasteiger partial charge in [0.05, 0.1) is 18.2 Å². The van der Waals surface area contributed by atoms with E-state index in [4.69, 9.17) is 5.26 Å². The van der Waals surface area contributed by atoms with E-state index in [9.17, 15) is 0 Å². The fourth-order valence-electron chi connectivity index (χ4n) is 1.62. The number of nitriles is 1. The van der Waals surface area contributed by atoms with Crippen LogP contribution in [0.2, 0.25) is 0 Å². The number of thioether (sulfide) groups is 1. The van der Waals surface area contributed by atoms with E-state index in [1.807, 2.05) is 36.9 Å². The van der Waals surface area contributed by atoms with Gasteiger partial charge in [0.25, 0.3) is 0 Å². The molecule has 0 saturated heterocycles. The molecule has 1 aromatic carbocycles. The van der Waals surface area contributed by atoms with Crippen molar-refractivity contribution in [3.63, 3.8) is 0 Å². The summed E-state index contributed by atoms with van der Waals surface area (Å²) >= 11 is 1.83. The van der Waals surface area contributed by atoms with Crippen LogP contribution in [0.15, 0.2) is 29.3 Å². The van der Waals surface area contributed by atoms with Gasteiger partial charge in [0.2, 0.25) is 0 Å². The van der Waals surface area contributed by atoms with Gasteiger partial charge >= 0.3 is 0 Å². The topological polar surface area (TPSA) is 60.2 Å². The molecular formula is C16H24N4S. The summed E-state index contributed by atoms with van der Waals surface area (Å²) in [5.41, 5.74) is 1.71. The summed E-state index contributed by atoms with van der Waals surface area (Å²) < 4.78 is 0.164. The summed E-state index contributed by atoms with van der Waals surface area (Å²) in [6, 6.07) is 9.70. The van der Waals surface area contributed by atoms with Crippen molar-refractivity contribution in [1.29, 1.82) is 5.26 Å². The van der Waals surface area contributed by atoms with Gasteiger partial charge in [0, 0.05) is 17.8 Å². The van der Waals surface area contributed by atoms with Gasteiger partial charge in [-0.2, -0.15) is 17.0 Å². The summed E-state index contributed by atoms with van der Waals surface area (Å²) in [4.78, 5) is 4.57. The molecular weight excluding hydrogens is 280 g/mol. The third-order valence-corrected chi connectivity index (χ3v) is 4.30. The van der Waals surface area contributed by atoms with E-state index in [-0.39, 0.29) is 4.75 Å². The Morgan fingerprint density at radius 1 is 1.38 bits per heavy atom. The number of hydrogen-bond donors (Lipinski definition) is 2. The van der Waals surface area contributed by atoms with Crippen LogP contribution in [0.3, 0.4) is 0 Å². The molecule has 0 aliphatic rings. The molecule has 1 aromatic rings. The predicted molar refractivity (Wildman–Crippen MR) is 91.6 cm³/mol. The molecule has 114 valence electrons. The van der Waals surface area contributed by atoms with Crippen LogP contribution in [0.1, 0.15) is 31.9 Å². The highest BCUT2D eigenvalue weighted by Crippen LogP contribution is 2.19. The average Bonchev–Trinajstić information content (AvgIpc) is 2.50. The fourth-order valence-corrected chi connectivity index (χ4v) is 1.84. The lowest BCUT2D eigenvalue weighted by molar-refractivity contribution is 0.665. The Morgan fingerprint density at radius 3 is 2.76 bits per heavy atom. The molecule has 0 heterocycles. The highest BCUT2D eigenvalue weighted by molar-refractivity contribution is 7.99. The van der Waals surface area contributed by atoms with Crippen molar-refractivity contribution in [3.8, 4) is 6.07 Å². The third kappa shape index (κ3) is 6.54. The second-order valence-electron chi connectivity index (χ2n) is 5.32. The monoisotopic (exact) mass is 304 g/mol. The van der Waals surface area contributed by atoms with Gasteiger partial charge < -0.3 is 10.6 Å². The molecule has 0 bridgehead atoms. The Hall–Kier alpha value is -1.67. The predicted octanol–water partition coefficient (Wildman–Crippen LogP) is 2.75. The van der Waals surface area contributed by atoms with Crippen LogP contribution in [0.4, 0.5) is 0 Å². The van der Waals surface area contributed by atoms with Crippen LogP contribution in [-0.2, 0) is 6.54 Å². The average molecular weight is 304 g/mol. The summed E-state index contributed by atoms with van der Waals surface area (Å²) in [5.74, 6) is 0.807. The Bertz CT molecular complexity index is 517. The number of nitrogens with one attached hydrogen (secondary N) is 2. The SMILES string of the molecule is CCNC(=NCc1cccc(C#N)c1)NCC(C)(C)SC. The van der Waals surface area contributed by atoms with Gasteiger partial charge in [-0.15, -0.1) is 0 Å². The standard InChI is InChI=1S/C16H24N4S/c1-5-18-15(20-12-16(2,3)21-4)19-11-14-8-6-7-13(9-14)10-17/h6-9H,5,11-12H2,1-4H3,(H2,18,19,20). The minimum atomic E-state index is 0.164. The van der Waals surface area contributed by atoms with E-state index >= 15 is 0 Å². The van der Waals surface area contributed by atoms with E-state index in [2.05, 4.69) is 41.8 Å². The van der Waals surface area contributed by atoms with Gasteiger partial charge in [0.15, 0.2) is 5.96 Å². The first-order valence-electron chi connectivity index (χ1n) is 7.07. The zero-order chi connectivity index (χ0) is 15.7. The Labute approximate surface area is 132 Å². The summed E-state index contributed by atoms with van der Waals surface area (Å²) in [5, 5.41) is 15.5. The fraction of sp³-hybridized carbons (Fsp3) is 0.500. The molecule has 21 heavy (non-hydrogen) atoms. The number of guanidine groups is 1. The quantitative estimate of drug-likeness (QED) is 0.627. The molecule has 0 radical (unpaired) electrons. The highest BCUT2D eigenvalue weighted by Gasteiger charge is 2.15. The van der Waals surface area contributed by atoms with Crippen LogP contribution in [0.25, 0.3) is 0 Å². The van der Waals surface area contributed by atoms with Crippen molar-refractivity contribution < 1.29 is 0 Å². The summed E-state index contributed by atoms with van der Waals surface area (Å²) in [7, 11) is 0. The molecule has 0 saturated carbocycles. The van der Waals surface area contributed by atoms with Crippen molar-refractivity contribution >= 4 is 17.7 Å². The van der Waals surface area contributed by atoms with Gasteiger partial charge in [0.1, 0.15) is 0 Å². The molecule has 1 rings (SSSR count). The second kappa shape index (κ2) is 8.58. The number of rotatable bonds is 6. The minimum Gasteiger partial charge on any atom is -0.357 e. The maximum Gasteiger partial charge on any atom is 0.191 e. The maximum atomic E-state index is 8.91. The van der Waals surface area contributed by atoms with Crippen molar-refractivity contribution in [2.45, 2.75) is 32.1 Å². The molecule has 0 spiro atoms. The highest BCUT2D eigenvalue weighted by atomic mass is 32.2. The normalized spacial score (nSPS) is 11.9. The van der Waals surface area contributed by atoms with Gasteiger partial charge in [-0.25, -0.2) is 4.99 Å². The third-order valence-electron chi connectivity index (χ3n) is 3.05. The molecule has 2 N–H and O–H groups in total. The molecule has 0 fully saturated rings. The zero-order valence-electron chi connectivity index (χ0n) is 13.2. The molecule has 0 aliphatic carbocycles. The van der Waals surface area contributed by atoms with Crippen molar-refractivity contribution in [1.82, 2.24) is 10.6 Å². The molecule has 0 aliphatic heterocycles. The molecule has 5 heteroatoms. The van der Waals surface area contributed by atoms with Crippen molar-refractivity contribution in [3.05, 3.63) is 35.4 Å².